The summed E-state index contributed by atoms with van der Waals surface area (Å²) in [5.74, 6) is 0. The van der Waals surface area contributed by atoms with Gasteiger partial charge in [-0.3, -0.25) is 9.80 Å². The van der Waals surface area contributed by atoms with Crippen LogP contribution in [-0.2, 0) is 13.1 Å². The van der Waals surface area contributed by atoms with Gasteiger partial charge in [-0.2, -0.15) is 5.26 Å². The summed E-state index contributed by atoms with van der Waals surface area (Å²) in [6, 6.07) is 18.5. The molecule has 23 heavy (non-hydrogen) atoms. The van der Waals surface area contributed by atoms with E-state index in [1.54, 1.807) is 0 Å². The first-order valence-electron chi connectivity index (χ1n) is 7.92. The smallest absolute Gasteiger partial charge is 0.0991 e. The molecule has 0 N–H and O–H groups in total. The zero-order valence-electron chi connectivity index (χ0n) is 13.1. The van der Waals surface area contributed by atoms with Crippen LogP contribution in [0.2, 0.25) is 0 Å². The second-order valence-corrected chi connectivity index (χ2v) is 6.81. The molecule has 118 valence electrons. The van der Waals surface area contributed by atoms with Gasteiger partial charge in [0.15, 0.2) is 0 Å². The van der Waals surface area contributed by atoms with Crippen molar-refractivity contribution >= 4 is 15.9 Å². The van der Waals surface area contributed by atoms with Gasteiger partial charge >= 0.3 is 0 Å². The molecule has 0 amide bonds. The van der Waals surface area contributed by atoms with Crippen molar-refractivity contribution in [2.24, 2.45) is 0 Å². The van der Waals surface area contributed by atoms with Crippen LogP contribution in [0, 0.1) is 11.3 Å². The molecular formula is C19H20BrN3. The standard InChI is InChI=1S/C19H20BrN3/c20-19-4-2-1-3-18(19)15-23-11-9-22(10-12-23)14-17-7-5-16(13-21)6-8-17/h1-8H,9-12,14-15H2. The number of rotatable bonds is 4. The molecule has 0 aliphatic carbocycles. The molecule has 1 aliphatic rings. The van der Waals surface area contributed by atoms with Crippen molar-refractivity contribution in [3.05, 3.63) is 69.7 Å². The SMILES string of the molecule is N#Cc1ccc(CN2CCN(Cc3ccccc3Br)CC2)cc1. The molecule has 0 bridgehead atoms. The van der Waals surface area contributed by atoms with Gasteiger partial charge in [0.2, 0.25) is 0 Å². The number of piperazine rings is 1. The first-order valence-corrected chi connectivity index (χ1v) is 8.71. The third kappa shape index (κ3) is 4.42. The van der Waals surface area contributed by atoms with Crippen molar-refractivity contribution in [1.29, 1.82) is 5.26 Å². The molecule has 3 nitrogen and oxygen atoms in total. The first-order chi connectivity index (χ1) is 11.2. The normalized spacial score (nSPS) is 16.2. The van der Waals surface area contributed by atoms with E-state index in [1.807, 2.05) is 12.1 Å². The third-order valence-electron chi connectivity index (χ3n) is 4.31. The first kappa shape index (κ1) is 16.2. The molecule has 2 aromatic rings. The van der Waals surface area contributed by atoms with Gasteiger partial charge < -0.3 is 0 Å². The summed E-state index contributed by atoms with van der Waals surface area (Å²) in [7, 11) is 0. The van der Waals surface area contributed by atoms with E-state index in [0.29, 0.717) is 0 Å². The lowest BCUT2D eigenvalue weighted by Gasteiger charge is -2.35. The van der Waals surface area contributed by atoms with E-state index in [9.17, 15) is 0 Å². The average molecular weight is 370 g/mol. The average Bonchev–Trinajstić information content (AvgIpc) is 2.59. The topological polar surface area (TPSA) is 30.3 Å². The van der Waals surface area contributed by atoms with Crippen molar-refractivity contribution < 1.29 is 0 Å². The summed E-state index contributed by atoms with van der Waals surface area (Å²) in [5, 5.41) is 8.85. The third-order valence-corrected chi connectivity index (χ3v) is 5.08. The van der Waals surface area contributed by atoms with Gasteiger partial charge in [0.05, 0.1) is 11.6 Å². The maximum absolute atomic E-state index is 8.85. The lowest BCUT2D eigenvalue weighted by atomic mass is 10.1. The highest BCUT2D eigenvalue weighted by atomic mass is 79.9. The summed E-state index contributed by atoms with van der Waals surface area (Å²) >= 11 is 3.63. The number of hydrogen-bond acceptors (Lipinski definition) is 3. The monoisotopic (exact) mass is 369 g/mol. The quantitative estimate of drug-likeness (QED) is 0.823. The second kappa shape index (κ2) is 7.74. The summed E-state index contributed by atoms with van der Waals surface area (Å²) in [4.78, 5) is 4.99. The maximum Gasteiger partial charge on any atom is 0.0991 e. The number of hydrogen-bond donors (Lipinski definition) is 0. The van der Waals surface area contributed by atoms with Crippen molar-refractivity contribution in [2.75, 3.05) is 26.2 Å². The van der Waals surface area contributed by atoms with Crippen molar-refractivity contribution in [2.45, 2.75) is 13.1 Å². The Balaban J connectivity index is 1.50. The largest absolute Gasteiger partial charge is 0.297 e. The Bertz CT molecular complexity index is 683. The van der Waals surface area contributed by atoms with Crippen LogP contribution in [0.3, 0.4) is 0 Å². The fourth-order valence-electron chi connectivity index (χ4n) is 2.92. The van der Waals surface area contributed by atoms with Gasteiger partial charge in [-0.15, -0.1) is 0 Å². The predicted octanol–water partition coefficient (Wildman–Crippen LogP) is 3.64. The van der Waals surface area contributed by atoms with E-state index in [0.717, 1.165) is 44.8 Å². The van der Waals surface area contributed by atoms with Crippen molar-refractivity contribution in [3.63, 3.8) is 0 Å². The number of benzene rings is 2. The molecule has 0 atom stereocenters. The Morgan fingerprint density at radius 2 is 1.48 bits per heavy atom. The molecule has 4 heteroatoms. The number of nitrogens with zero attached hydrogens (tertiary/aromatic N) is 3. The predicted molar refractivity (Wildman–Crippen MR) is 95.9 cm³/mol. The molecule has 1 saturated heterocycles. The lowest BCUT2D eigenvalue weighted by molar-refractivity contribution is 0.122. The molecule has 2 aromatic carbocycles. The van der Waals surface area contributed by atoms with Crippen LogP contribution in [0.15, 0.2) is 53.0 Å². The molecular weight excluding hydrogens is 350 g/mol. The fourth-order valence-corrected chi connectivity index (χ4v) is 3.33. The minimum Gasteiger partial charge on any atom is -0.297 e. The summed E-state index contributed by atoms with van der Waals surface area (Å²) in [5.41, 5.74) is 3.36. The molecule has 0 aromatic heterocycles. The van der Waals surface area contributed by atoms with Gasteiger partial charge in [0, 0.05) is 43.7 Å². The second-order valence-electron chi connectivity index (χ2n) is 5.95. The van der Waals surface area contributed by atoms with Gasteiger partial charge in [-0.1, -0.05) is 46.3 Å². The summed E-state index contributed by atoms with van der Waals surface area (Å²) in [6.45, 7) is 6.34. The van der Waals surface area contributed by atoms with Crippen LogP contribution < -0.4 is 0 Å². The lowest BCUT2D eigenvalue weighted by Crippen LogP contribution is -2.45. The van der Waals surface area contributed by atoms with Crippen LogP contribution in [0.4, 0.5) is 0 Å². The van der Waals surface area contributed by atoms with Gasteiger partial charge in [0.1, 0.15) is 0 Å². The molecule has 1 heterocycles. The molecule has 3 rings (SSSR count). The Kier molecular flexibility index (Phi) is 5.45. The number of nitriles is 1. The van der Waals surface area contributed by atoms with E-state index in [4.69, 9.17) is 5.26 Å². The van der Waals surface area contributed by atoms with Crippen LogP contribution in [-0.4, -0.2) is 36.0 Å². The van der Waals surface area contributed by atoms with Crippen LogP contribution >= 0.6 is 15.9 Å². The van der Waals surface area contributed by atoms with Gasteiger partial charge in [-0.05, 0) is 29.3 Å². The minimum absolute atomic E-state index is 0.729. The highest BCUT2D eigenvalue weighted by molar-refractivity contribution is 9.10. The highest BCUT2D eigenvalue weighted by Crippen LogP contribution is 2.19. The molecule has 1 aliphatic heterocycles. The summed E-state index contributed by atoms with van der Waals surface area (Å²) in [6.07, 6.45) is 0. The highest BCUT2D eigenvalue weighted by Gasteiger charge is 2.17. The molecule has 0 spiro atoms. The molecule has 0 unspecified atom stereocenters. The van der Waals surface area contributed by atoms with Crippen LogP contribution in [0.25, 0.3) is 0 Å². The summed E-state index contributed by atoms with van der Waals surface area (Å²) < 4.78 is 1.19. The van der Waals surface area contributed by atoms with E-state index in [-0.39, 0.29) is 0 Å². The fraction of sp³-hybridized carbons (Fsp3) is 0.316. The van der Waals surface area contributed by atoms with E-state index in [2.05, 4.69) is 68.2 Å². The Morgan fingerprint density at radius 1 is 0.870 bits per heavy atom. The number of halogens is 1. The van der Waals surface area contributed by atoms with E-state index >= 15 is 0 Å². The van der Waals surface area contributed by atoms with Crippen molar-refractivity contribution in [1.82, 2.24) is 9.80 Å². The van der Waals surface area contributed by atoms with Crippen LogP contribution in [0.5, 0.6) is 0 Å². The Morgan fingerprint density at radius 3 is 2.09 bits per heavy atom. The maximum atomic E-state index is 8.85. The Hall–Kier alpha value is -1.67. The van der Waals surface area contributed by atoms with E-state index < -0.39 is 0 Å². The zero-order valence-corrected chi connectivity index (χ0v) is 14.7. The van der Waals surface area contributed by atoms with E-state index in [1.165, 1.54) is 15.6 Å². The zero-order chi connectivity index (χ0) is 16.1. The van der Waals surface area contributed by atoms with Gasteiger partial charge in [0.25, 0.3) is 0 Å². The van der Waals surface area contributed by atoms with Crippen LogP contribution in [0.1, 0.15) is 16.7 Å². The van der Waals surface area contributed by atoms with Crippen molar-refractivity contribution in [3.8, 4) is 6.07 Å². The minimum atomic E-state index is 0.729. The molecule has 0 saturated carbocycles. The Labute approximate surface area is 146 Å². The molecule has 0 radical (unpaired) electrons. The van der Waals surface area contributed by atoms with Gasteiger partial charge in [-0.25, -0.2) is 0 Å². The molecule has 1 fully saturated rings.